The zero-order valence-electron chi connectivity index (χ0n) is 3.50. The molecular formula is H4CuN2O4S. The Kier molecular flexibility index (Phi) is 14.4. The van der Waals surface area contributed by atoms with Gasteiger partial charge in [-0.1, -0.05) is 0 Å². The quantitative estimate of drug-likeness (QED) is 0.143. The van der Waals surface area contributed by atoms with Crippen molar-refractivity contribution >= 4 is 10.4 Å². The Hall–Kier alpha value is 0.309. The van der Waals surface area contributed by atoms with E-state index in [1.165, 1.54) is 0 Å². The van der Waals surface area contributed by atoms with E-state index in [-0.39, 0.29) is 17.1 Å². The molecule has 4 N–H and O–H groups in total. The molecule has 0 unspecified atom stereocenters. The largest absolute Gasteiger partial charge is 2.00 e. The topological polar surface area (TPSA) is 132 Å². The predicted octanol–water partition coefficient (Wildman–Crippen LogP) is -2.52. The Labute approximate surface area is 57.3 Å². The molecule has 0 aliphatic rings. The summed E-state index contributed by atoms with van der Waals surface area (Å²) in [6.07, 6.45) is 0. The maximum Gasteiger partial charge on any atom is 2.00 e. The molecule has 0 heterocycles. The molecule has 0 aromatic rings. The summed E-state index contributed by atoms with van der Waals surface area (Å²) in [5, 5.41) is 0. The molecule has 0 aliphatic heterocycles. The molecule has 0 amide bonds. The van der Waals surface area contributed by atoms with Gasteiger partial charge in [-0.2, -0.15) is 0 Å². The van der Waals surface area contributed by atoms with Crippen LogP contribution in [-0.2, 0) is 27.5 Å². The third-order valence-electron chi connectivity index (χ3n) is 0. The third-order valence-corrected chi connectivity index (χ3v) is 0. The van der Waals surface area contributed by atoms with Gasteiger partial charge >= 0.3 is 17.1 Å². The van der Waals surface area contributed by atoms with Crippen LogP contribution in [0, 0.1) is 0 Å². The average Bonchev–Trinajstić information content (AvgIpc) is 1.36. The fourth-order valence-electron chi connectivity index (χ4n) is 0. The van der Waals surface area contributed by atoms with Gasteiger partial charge in [0.2, 0.25) is 0 Å². The van der Waals surface area contributed by atoms with Crippen molar-refractivity contribution in [2.24, 2.45) is 11.7 Å². The number of hydrogen-bond acceptors (Lipinski definition) is 6. The van der Waals surface area contributed by atoms with Gasteiger partial charge in [0.15, 0.2) is 0 Å². The van der Waals surface area contributed by atoms with Crippen LogP contribution in [0.15, 0.2) is 0 Å². The van der Waals surface area contributed by atoms with E-state index in [4.69, 9.17) is 17.5 Å². The van der Waals surface area contributed by atoms with E-state index in [0.717, 1.165) is 0 Å². The maximum absolute atomic E-state index is 8.52. The molecule has 0 fully saturated rings. The first-order valence-corrected chi connectivity index (χ1v) is 2.33. The van der Waals surface area contributed by atoms with Crippen LogP contribution in [0.25, 0.3) is 0 Å². The van der Waals surface area contributed by atoms with Crippen LogP contribution < -0.4 is 11.7 Å². The van der Waals surface area contributed by atoms with Gasteiger partial charge in [0.05, 0.1) is 0 Å². The minimum atomic E-state index is -5.17. The molecule has 0 atom stereocenters. The van der Waals surface area contributed by atoms with Gasteiger partial charge < -0.3 is 9.11 Å². The number of rotatable bonds is 0. The number of hydrogen-bond donors (Lipinski definition) is 2. The summed E-state index contributed by atoms with van der Waals surface area (Å²) in [5.74, 6) is 8.00. The average molecular weight is 192 g/mol. The van der Waals surface area contributed by atoms with Crippen molar-refractivity contribution in [3.05, 3.63) is 0 Å². The van der Waals surface area contributed by atoms with E-state index in [1.807, 2.05) is 0 Å². The smallest absolute Gasteiger partial charge is 0.759 e. The molecular weight excluding hydrogens is 188 g/mol. The molecule has 0 rings (SSSR count). The fraction of sp³-hybridized carbons (Fsp3) is 0. The van der Waals surface area contributed by atoms with Crippen LogP contribution in [0.3, 0.4) is 0 Å². The molecule has 0 saturated carbocycles. The Balaban J connectivity index is -0.0000000750. The molecule has 0 aromatic carbocycles. The summed E-state index contributed by atoms with van der Waals surface area (Å²) < 4.78 is 34.1. The maximum atomic E-state index is 8.52. The Morgan fingerprint density at radius 3 is 1.12 bits per heavy atom. The standard InChI is InChI=1S/Cu.H4N2.H2O4S/c;1-2;1-5(2,3)4/h;1-2H2;(H2,1,2,3,4)/q+2;;/p-2. The SMILES string of the molecule is NN.O=S(=O)([O-])[O-].[Cu+2]. The van der Waals surface area contributed by atoms with E-state index in [0.29, 0.717) is 0 Å². The molecule has 8 heteroatoms. The van der Waals surface area contributed by atoms with E-state index >= 15 is 0 Å². The molecule has 0 bridgehead atoms. The zero-order valence-corrected chi connectivity index (χ0v) is 5.26. The molecule has 0 saturated heterocycles. The summed E-state index contributed by atoms with van der Waals surface area (Å²) in [6.45, 7) is 0. The summed E-state index contributed by atoms with van der Waals surface area (Å²) in [6, 6.07) is 0. The van der Waals surface area contributed by atoms with Crippen molar-refractivity contribution in [1.29, 1.82) is 0 Å². The second kappa shape index (κ2) is 7.31. The van der Waals surface area contributed by atoms with Gasteiger partial charge in [-0.25, -0.2) is 0 Å². The Bertz CT molecular complexity index is 97.2. The summed E-state index contributed by atoms with van der Waals surface area (Å²) in [4.78, 5) is 0. The molecule has 8 heavy (non-hydrogen) atoms. The van der Waals surface area contributed by atoms with Crippen LogP contribution in [-0.4, -0.2) is 17.5 Å². The molecule has 0 aromatic heterocycles. The third kappa shape index (κ3) is 1860. The van der Waals surface area contributed by atoms with E-state index in [2.05, 4.69) is 11.7 Å². The second-order valence-electron chi connectivity index (χ2n) is 0.408. The molecule has 0 spiro atoms. The zero-order chi connectivity index (χ0) is 6.50. The van der Waals surface area contributed by atoms with Gasteiger partial charge in [-0.05, 0) is 0 Å². The molecule has 0 aliphatic carbocycles. The van der Waals surface area contributed by atoms with Crippen LogP contribution in [0.1, 0.15) is 0 Å². The van der Waals surface area contributed by atoms with Crippen molar-refractivity contribution in [2.45, 2.75) is 0 Å². The summed E-state index contributed by atoms with van der Waals surface area (Å²) in [5.41, 5.74) is 0. The van der Waals surface area contributed by atoms with Gasteiger partial charge in [-0.15, -0.1) is 0 Å². The number of hydrazine groups is 1. The van der Waals surface area contributed by atoms with Crippen molar-refractivity contribution in [3.63, 3.8) is 0 Å². The van der Waals surface area contributed by atoms with E-state index in [1.54, 1.807) is 0 Å². The van der Waals surface area contributed by atoms with Gasteiger partial charge in [-0.3, -0.25) is 20.1 Å². The second-order valence-corrected chi connectivity index (χ2v) is 1.22. The van der Waals surface area contributed by atoms with Gasteiger partial charge in [0.25, 0.3) is 0 Å². The molecule has 55 valence electrons. The van der Waals surface area contributed by atoms with Gasteiger partial charge in [0.1, 0.15) is 0 Å². The Morgan fingerprint density at radius 1 is 1.12 bits per heavy atom. The first kappa shape index (κ1) is 15.7. The minimum absolute atomic E-state index is 0. The van der Waals surface area contributed by atoms with Crippen molar-refractivity contribution in [3.8, 4) is 0 Å². The van der Waals surface area contributed by atoms with E-state index < -0.39 is 10.4 Å². The normalized spacial score (nSPS) is 8.00. The summed E-state index contributed by atoms with van der Waals surface area (Å²) in [7, 11) is -5.17. The van der Waals surface area contributed by atoms with Crippen LogP contribution in [0.2, 0.25) is 0 Å². The van der Waals surface area contributed by atoms with Crippen molar-refractivity contribution < 1.29 is 34.6 Å². The minimum Gasteiger partial charge on any atom is -0.759 e. The van der Waals surface area contributed by atoms with Crippen molar-refractivity contribution in [1.82, 2.24) is 0 Å². The fourth-order valence-corrected chi connectivity index (χ4v) is 0. The number of nitrogens with two attached hydrogens (primary N) is 2. The van der Waals surface area contributed by atoms with Crippen molar-refractivity contribution in [2.75, 3.05) is 0 Å². The molecule has 6 nitrogen and oxygen atoms in total. The first-order valence-electron chi connectivity index (χ1n) is 1.00. The van der Waals surface area contributed by atoms with Crippen LogP contribution in [0.4, 0.5) is 0 Å². The monoisotopic (exact) mass is 191 g/mol. The first-order chi connectivity index (χ1) is 3.00. The van der Waals surface area contributed by atoms with Crippen LogP contribution in [0.5, 0.6) is 0 Å². The molecule has 1 radical (unpaired) electrons. The van der Waals surface area contributed by atoms with Crippen LogP contribution >= 0.6 is 0 Å². The van der Waals surface area contributed by atoms with Gasteiger partial charge in [0, 0.05) is 10.4 Å². The predicted molar refractivity (Wildman–Crippen MR) is 18.8 cm³/mol. The summed E-state index contributed by atoms with van der Waals surface area (Å²) >= 11 is 0. The Morgan fingerprint density at radius 2 is 1.12 bits per heavy atom. The van der Waals surface area contributed by atoms with E-state index in [9.17, 15) is 0 Å².